The lowest BCUT2D eigenvalue weighted by Crippen LogP contribution is -2.48. The van der Waals surface area contributed by atoms with E-state index in [0.29, 0.717) is 25.0 Å². The molecule has 0 bridgehead atoms. The lowest BCUT2D eigenvalue weighted by Gasteiger charge is -2.27. The van der Waals surface area contributed by atoms with E-state index in [1.807, 2.05) is 6.92 Å². The number of nitrogens with two attached hydrogens (primary N) is 1. The number of halogens is 1. The number of rotatable bonds is 3. The number of hydrogen-bond donors (Lipinski definition) is 1. The zero-order chi connectivity index (χ0) is 13.3. The van der Waals surface area contributed by atoms with E-state index in [9.17, 15) is 14.5 Å². The third-order valence-corrected chi connectivity index (χ3v) is 3.49. The maximum Gasteiger partial charge on any atom is 0.304 e. The number of nitro benzene ring substituents is 1. The lowest BCUT2D eigenvalue weighted by molar-refractivity contribution is -0.387. The van der Waals surface area contributed by atoms with Crippen LogP contribution in [0.25, 0.3) is 0 Å². The lowest BCUT2D eigenvalue weighted by atomic mass is 9.86. The van der Waals surface area contributed by atoms with Crippen molar-refractivity contribution in [3.8, 4) is 0 Å². The Labute approximate surface area is 104 Å². The molecule has 2 unspecified atom stereocenters. The van der Waals surface area contributed by atoms with Crippen molar-refractivity contribution in [2.75, 3.05) is 6.61 Å². The van der Waals surface area contributed by atoms with Crippen LogP contribution in [0.4, 0.5) is 10.1 Å². The van der Waals surface area contributed by atoms with Gasteiger partial charge in [-0.1, -0.05) is 6.07 Å². The molecule has 1 aliphatic heterocycles. The van der Waals surface area contributed by atoms with Gasteiger partial charge in [-0.2, -0.15) is 4.39 Å². The molecule has 6 heteroatoms. The van der Waals surface area contributed by atoms with Gasteiger partial charge in [-0.15, -0.1) is 0 Å². The van der Waals surface area contributed by atoms with Crippen LogP contribution in [0.5, 0.6) is 0 Å². The minimum Gasteiger partial charge on any atom is -0.377 e. The molecule has 0 amide bonds. The highest BCUT2D eigenvalue weighted by Crippen LogP contribution is 2.28. The Morgan fingerprint density at radius 1 is 1.67 bits per heavy atom. The van der Waals surface area contributed by atoms with Crippen LogP contribution in [-0.4, -0.2) is 23.2 Å². The summed E-state index contributed by atoms with van der Waals surface area (Å²) >= 11 is 0. The van der Waals surface area contributed by atoms with E-state index in [0.717, 1.165) is 0 Å². The molecular weight excluding hydrogens is 239 g/mol. The Morgan fingerprint density at radius 2 is 2.39 bits per heavy atom. The second-order valence-electron chi connectivity index (χ2n) is 4.72. The van der Waals surface area contributed by atoms with Gasteiger partial charge in [0, 0.05) is 18.2 Å². The summed E-state index contributed by atoms with van der Waals surface area (Å²) in [6.07, 6.45) is 1.05. The second kappa shape index (κ2) is 4.62. The van der Waals surface area contributed by atoms with Gasteiger partial charge in [0.05, 0.1) is 11.0 Å². The Kier molecular flexibility index (Phi) is 3.32. The fraction of sp³-hybridized carbons (Fsp3) is 0.500. The maximum absolute atomic E-state index is 13.5. The molecule has 0 spiro atoms. The Bertz CT molecular complexity index is 480. The third-order valence-electron chi connectivity index (χ3n) is 3.49. The molecule has 1 heterocycles. The van der Waals surface area contributed by atoms with Gasteiger partial charge < -0.3 is 10.5 Å². The molecule has 0 radical (unpaired) electrons. The molecule has 2 rings (SSSR count). The Morgan fingerprint density at radius 3 is 2.89 bits per heavy atom. The summed E-state index contributed by atoms with van der Waals surface area (Å²) in [5, 5.41) is 10.5. The molecule has 0 aliphatic carbocycles. The summed E-state index contributed by atoms with van der Waals surface area (Å²) < 4.78 is 18.9. The normalized spacial score (nSPS) is 27.4. The molecule has 2 atom stereocenters. The van der Waals surface area contributed by atoms with Crippen molar-refractivity contribution in [3.63, 3.8) is 0 Å². The summed E-state index contributed by atoms with van der Waals surface area (Å²) in [7, 11) is 0. The van der Waals surface area contributed by atoms with E-state index in [-0.39, 0.29) is 6.10 Å². The van der Waals surface area contributed by atoms with Gasteiger partial charge >= 0.3 is 5.69 Å². The molecule has 0 aromatic heterocycles. The van der Waals surface area contributed by atoms with E-state index in [4.69, 9.17) is 10.5 Å². The van der Waals surface area contributed by atoms with Crippen molar-refractivity contribution in [1.82, 2.24) is 0 Å². The fourth-order valence-corrected chi connectivity index (χ4v) is 2.22. The minimum atomic E-state index is -0.826. The predicted octanol–water partition coefficient (Wildman–Crippen LogP) is 1.78. The molecule has 5 nitrogen and oxygen atoms in total. The Hall–Kier alpha value is -1.53. The first-order valence-corrected chi connectivity index (χ1v) is 5.76. The van der Waals surface area contributed by atoms with E-state index >= 15 is 0 Å². The van der Waals surface area contributed by atoms with Crippen molar-refractivity contribution in [2.45, 2.75) is 31.4 Å². The number of nitrogens with zero attached hydrogens (tertiary/aromatic N) is 1. The molecule has 1 fully saturated rings. The minimum absolute atomic E-state index is 0.101. The van der Waals surface area contributed by atoms with Crippen molar-refractivity contribution >= 4 is 5.69 Å². The quantitative estimate of drug-likeness (QED) is 0.658. The van der Waals surface area contributed by atoms with Crippen molar-refractivity contribution in [3.05, 3.63) is 39.7 Å². The third kappa shape index (κ3) is 2.34. The molecule has 1 aliphatic rings. The second-order valence-corrected chi connectivity index (χ2v) is 4.72. The number of benzene rings is 1. The molecule has 98 valence electrons. The van der Waals surface area contributed by atoms with Crippen LogP contribution in [0.3, 0.4) is 0 Å². The molecule has 18 heavy (non-hydrogen) atoms. The van der Waals surface area contributed by atoms with Crippen LogP contribution in [-0.2, 0) is 11.2 Å². The van der Waals surface area contributed by atoms with Gasteiger partial charge in [-0.05, 0) is 31.4 Å². The largest absolute Gasteiger partial charge is 0.377 e. The number of hydrogen-bond acceptors (Lipinski definition) is 4. The molecular formula is C12H15FN2O3. The van der Waals surface area contributed by atoms with Crippen molar-refractivity contribution in [2.24, 2.45) is 5.73 Å². The maximum atomic E-state index is 13.5. The van der Waals surface area contributed by atoms with Crippen LogP contribution in [0.15, 0.2) is 18.2 Å². The van der Waals surface area contributed by atoms with Gasteiger partial charge in [0.2, 0.25) is 5.82 Å². The monoisotopic (exact) mass is 254 g/mol. The van der Waals surface area contributed by atoms with Crippen LogP contribution < -0.4 is 5.73 Å². The summed E-state index contributed by atoms with van der Waals surface area (Å²) in [6, 6.07) is 3.90. The van der Waals surface area contributed by atoms with Gasteiger partial charge in [-0.3, -0.25) is 10.1 Å². The van der Waals surface area contributed by atoms with Gasteiger partial charge in [0.25, 0.3) is 0 Å². The van der Waals surface area contributed by atoms with Crippen LogP contribution in [0.2, 0.25) is 0 Å². The predicted molar refractivity (Wildman–Crippen MR) is 63.7 cm³/mol. The highest BCUT2D eigenvalue weighted by molar-refractivity contribution is 5.35. The van der Waals surface area contributed by atoms with Gasteiger partial charge in [0.15, 0.2) is 0 Å². The summed E-state index contributed by atoms with van der Waals surface area (Å²) in [5.41, 5.74) is 5.81. The topological polar surface area (TPSA) is 78.4 Å². The molecule has 1 aromatic rings. The SMILES string of the molecule is CC1OCCC1(N)Cc1ccc([N+](=O)[O-])c(F)c1. The highest BCUT2D eigenvalue weighted by atomic mass is 19.1. The zero-order valence-corrected chi connectivity index (χ0v) is 10.1. The number of ether oxygens (including phenoxy) is 1. The fourth-order valence-electron chi connectivity index (χ4n) is 2.22. The first-order valence-electron chi connectivity index (χ1n) is 5.76. The summed E-state index contributed by atoms with van der Waals surface area (Å²) in [4.78, 5) is 9.78. The first-order chi connectivity index (χ1) is 8.42. The van der Waals surface area contributed by atoms with E-state index in [2.05, 4.69) is 0 Å². The summed E-state index contributed by atoms with van der Waals surface area (Å²) in [5.74, 6) is -0.826. The molecule has 1 saturated heterocycles. The van der Waals surface area contributed by atoms with Crippen LogP contribution >= 0.6 is 0 Å². The van der Waals surface area contributed by atoms with Crippen molar-refractivity contribution in [1.29, 1.82) is 0 Å². The van der Waals surface area contributed by atoms with E-state index < -0.39 is 22.0 Å². The zero-order valence-electron chi connectivity index (χ0n) is 10.1. The first kappa shape index (κ1) is 12.9. The van der Waals surface area contributed by atoms with Crippen LogP contribution in [0.1, 0.15) is 18.9 Å². The molecule has 2 N–H and O–H groups in total. The van der Waals surface area contributed by atoms with Crippen molar-refractivity contribution < 1.29 is 14.1 Å². The van der Waals surface area contributed by atoms with E-state index in [1.54, 1.807) is 6.07 Å². The summed E-state index contributed by atoms with van der Waals surface area (Å²) in [6.45, 7) is 2.47. The average Bonchev–Trinajstić information content (AvgIpc) is 2.58. The Balaban J connectivity index is 2.20. The van der Waals surface area contributed by atoms with Gasteiger partial charge in [-0.25, -0.2) is 0 Å². The standard InChI is InChI=1S/C12H15FN2O3/c1-8-12(14,4-5-18-8)7-9-2-3-11(15(16)17)10(13)6-9/h2-3,6,8H,4-5,7,14H2,1H3. The van der Waals surface area contributed by atoms with E-state index in [1.165, 1.54) is 12.1 Å². The average molecular weight is 254 g/mol. The molecule has 0 saturated carbocycles. The smallest absolute Gasteiger partial charge is 0.304 e. The van der Waals surface area contributed by atoms with Gasteiger partial charge in [0.1, 0.15) is 0 Å². The molecule has 1 aromatic carbocycles. The number of nitro groups is 1. The highest BCUT2D eigenvalue weighted by Gasteiger charge is 2.37. The van der Waals surface area contributed by atoms with Crippen LogP contribution in [0, 0.1) is 15.9 Å².